The highest BCUT2D eigenvalue weighted by atomic mass is 32.2. The molecule has 0 aliphatic carbocycles. The van der Waals surface area contributed by atoms with Gasteiger partial charge in [-0.1, -0.05) is 89.5 Å². The monoisotopic (exact) mass is 1180 g/mol. The van der Waals surface area contributed by atoms with E-state index in [1.165, 1.54) is 45.5 Å². The molecular formula is C65H59F3O12S3. The van der Waals surface area contributed by atoms with Crippen molar-refractivity contribution in [2.45, 2.75) is 86.3 Å². The number of aryl methyl sites for hydroxylation is 4. The SMILES string of the molecule is Cc1ccc(SCCC(Oc2ccc3oc4ccccc4c3c2)C(=O)O)c(C)c1.Cc1cccc(SCCC(Oc2ccc(OC(F)(F)F)cc2)C(=O)O)c1.Cc1cccc(SCCC(Oc2ccc3oc4ccccc4c3c2)C(=O)O)c1. The molecule has 0 fully saturated rings. The molecule has 2 heterocycles. The lowest BCUT2D eigenvalue weighted by Crippen LogP contribution is -2.27. The molecule has 0 radical (unpaired) electrons. The van der Waals surface area contributed by atoms with Crippen molar-refractivity contribution in [3.05, 3.63) is 198 Å². The van der Waals surface area contributed by atoms with Crippen molar-refractivity contribution in [3.8, 4) is 23.0 Å². The number of hydrogen-bond donors (Lipinski definition) is 3. The first-order valence-corrected chi connectivity index (χ1v) is 29.3. The summed E-state index contributed by atoms with van der Waals surface area (Å²) in [6, 6.07) is 53.4. The first kappa shape index (κ1) is 60.9. The van der Waals surface area contributed by atoms with E-state index in [0.717, 1.165) is 71.4 Å². The fourth-order valence-corrected chi connectivity index (χ4v) is 11.7. The van der Waals surface area contributed by atoms with Gasteiger partial charge in [0, 0.05) is 72.8 Å². The second-order valence-corrected chi connectivity index (χ2v) is 22.7. The number of halogens is 3. The molecule has 8 aromatic carbocycles. The van der Waals surface area contributed by atoms with Crippen LogP contribution in [0.5, 0.6) is 23.0 Å². The fraction of sp³-hybridized carbons (Fsp3) is 0.215. The zero-order valence-electron chi connectivity index (χ0n) is 45.6. The summed E-state index contributed by atoms with van der Waals surface area (Å²) in [5, 5.41) is 32.3. The number of alkyl halides is 3. The number of aliphatic carboxylic acids is 3. The Morgan fingerprint density at radius 2 is 0.831 bits per heavy atom. The molecule has 0 bridgehead atoms. The maximum absolute atomic E-state index is 12.1. The number of para-hydroxylation sites is 2. The number of carbonyl (C=O) groups is 3. The van der Waals surface area contributed by atoms with Crippen molar-refractivity contribution in [2.75, 3.05) is 17.3 Å². The molecule has 0 amide bonds. The van der Waals surface area contributed by atoms with Crippen molar-refractivity contribution < 1.29 is 70.7 Å². The molecule has 0 spiro atoms. The molecule has 83 heavy (non-hydrogen) atoms. The quantitative estimate of drug-likeness (QED) is 0.0546. The Morgan fingerprint density at radius 1 is 0.434 bits per heavy atom. The molecule has 0 aliphatic heterocycles. The van der Waals surface area contributed by atoms with Crippen LogP contribution in [-0.2, 0) is 14.4 Å². The molecule has 10 aromatic rings. The molecule has 3 unspecified atom stereocenters. The van der Waals surface area contributed by atoms with Gasteiger partial charge in [-0.2, -0.15) is 0 Å². The van der Waals surface area contributed by atoms with Crippen LogP contribution in [0.3, 0.4) is 0 Å². The van der Waals surface area contributed by atoms with Crippen LogP contribution in [0, 0.1) is 27.7 Å². The van der Waals surface area contributed by atoms with Gasteiger partial charge in [-0.25, -0.2) is 14.4 Å². The fourth-order valence-electron chi connectivity index (χ4n) is 8.68. The molecule has 0 saturated carbocycles. The van der Waals surface area contributed by atoms with Crippen molar-refractivity contribution >= 4 is 97.1 Å². The molecular weight excluding hydrogens is 1130 g/mol. The molecule has 18 heteroatoms. The standard InChI is InChI=1S/C24H22O4S.C23H20O4S.C18H17F3O4S/c1-15-7-10-23(16(2)13-15)29-12-11-22(24(25)26)27-17-8-9-21-19(14-17)18-5-3-4-6-20(18)28-21;1-15-5-4-6-17(13-15)28-12-11-22(23(24)25)26-16-9-10-21-19(14-16)18-7-2-3-8-20(18)27-21;1-12-3-2-4-15(11-12)26-10-9-16(17(22)23)24-13-5-7-14(8-6-13)25-18(19,20)21/h3-10,13-14,22H,11-12H2,1-2H3,(H,25,26);2-10,13-14,22H,11-12H2,1H3,(H,24,25);2-8,11,16H,9-10H2,1H3,(H,22,23). The average molecular weight is 1190 g/mol. The third-order valence-electron chi connectivity index (χ3n) is 12.7. The van der Waals surface area contributed by atoms with Gasteiger partial charge in [-0.15, -0.1) is 48.5 Å². The molecule has 2 aromatic heterocycles. The van der Waals surface area contributed by atoms with E-state index in [2.05, 4.69) is 42.8 Å². The summed E-state index contributed by atoms with van der Waals surface area (Å²) in [7, 11) is 0. The van der Waals surface area contributed by atoms with Crippen LogP contribution < -0.4 is 18.9 Å². The van der Waals surface area contributed by atoms with Gasteiger partial charge in [-0.05, 0) is 136 Å². The minimum absolute atomic E-state index is 0.160. The Balaban J connectivity index is 0.000000163. The van der Waals surface area contributed by atoms with Crippen LogP contribution in [0.1, 0.15) is 41.5 Å². The molecule has 10 rings (SSSR count). The number of carboxylic acid groups (broad SMARTS) is 3. The normalized spacial score (nSPS) is 12.4. The number of carboxylic acids is 3. The van der Waals surface area contributed by atoms with Gasteiger partial charge in [0.2, 0.25) is 0 Å². The Labute approximate surface area is 489 Å². The molecule has 430 valence electrons. The Bertz CT molecular complexity index is 3820. The summed E-state index contributed by atoms with van der Waals surface area (Å²) < 4.78 is 68.8. The third-order valence-corrected chi connectivity index (χ3v) is 15.9. The van der Waals surface area contributed by atoms with Crippen molar-refractivity contribution in [3.63, 3.8) is 0 Å². The minimum atomic E-state index is -4.78. The van der Waals surface area contributed by atoms with E-state index in [9.17, 15) is 42.9 Å². The van der Waals surface area contributed by atoms with Gasteiger partial charge in [0.25, 0.3) is 0 Å². The highest BCUT2D eigenvalue weighted by molar-refractivity contribution is 7.99. The molecule has 12 nitrogen and oxygen atoms in total. The number of thioether (sulfide) groups is 3. The third kappa shape index (κ3) is 17.9. The van der Waals surface area contributed by atoms with Crippen LogP contribution in [0.2, 0.25) is 0 Å². The van der Waals surface area contributed by atoms with Crippen LogP contribution in [0.4, 0.5) is 13.2 Å². The van der Waals surface area contributed by atoms with Crippen LogP contribution in [0.15, 0.2) is 199 Å². The maximum Gasteiger partial charge on any atom is 0.573 e. The van der Waals surface area contributed by atoms with Gasteiger partial charge in [0.1, 0.15) is 45.3 Å². The summed E-state index contributed by atoms with van der Waals surface area (Å²) in [6.07, 6.45) is -6.60. The Kier molecular flexibility index (Phi) is 21.0. The highest BCUT2D eigenvalue weighted by Crippen LogP contribution is 2.35. The minimum Gasteiger partial charge on any atom is -0.479 e. The van der Waals surface area contributed by atoms with Gasteiger partial charge >= 0.3 is 24.3 Å². The average Bonchev–Trinajstić information content (AvgIpc) is 3.27. The van der Waals surface area contributed by atoms with Gasteiger partial charge in [-0.3, -0.25) is 0 Å². The summed E-state index contributed by atoms with van der Waals surface area (Å²) in [4.78, 5) is 38.1. The lowest BCUT2D eigenvalue weighted by Gasteiger charge is -2.15. The largest absolute Gasteiger partial charge is 0.573 e. The van der Waals surface area contributed by atoms with E-state index in [-0.39, 0.29) is 12.2 Å². The van der Waals surface area contributed by atoms with E-state index < -0.39 is 48.3 Å². The van der Waals surface area contributed by atoms with E-state index in [4.69, 9.17) is 23.0 Å². The van der Waals surface area contributed by atoms with Gasteiger partial charge < -0.3 is 43.1 Å². The van der Waals surface area contributed by atoms with Crippen molar-refractivity contribution in [1.29, 1.82) is 0 Å². The highest BCUT2D eigenvalue weighted by Gasteiger charge is 2.31. The summed E-state index contributed by atoms with van der Waals surface area (Å²) in [5.74, 6) is -0.361. The summed E-state index contributed by atoms with van der Waals surface area (Å²) >= 11 is 4.81. The second-order valence-electron chi connectivity index (χ2n) is 19.2. The van der Waals surface area contributed by atoms with Crippen molar-refractivity contribution in [1.82, 2.24) is 0 Å². The zero-order valence-corrected chi connectivity index (χ0v) is 48.0. The van der Waals surface area contributed by atoms with Gasteiger partial charge in [0.15, 0.2) is 18.3 Å². The maximum atomic E-state index is 12.1. The lowest BCUT2D eigenvalue weighted by atomic mass is 10.1. The van der Waals surface area contributed by atoms with Crippen molar-refractivity contribution in [2.24, 2.45) is 0 Å². The Hall–Kier alpha value is -8.19. The summed E-state index contributed by atoms with van der Waals surface area (Å²) in [6.45, 7) is 8.16. The number of fused-ring (bicyclic) bond motifs is 6. The smallest absolute Gasteiger partial charge is 0.479 e. The first-order valence-electron chi connectivity index (χ1n) is 26.3. The Morgan fingerprint density at radius 3 is 1.27 bits per heavy atom. The van der Waals surface area contributed by atoms with Crippen LogP contribution in [0.25, 0.3) is 43.9 Å². The predicted octanol–water partition coefficient (Wildman–Crippen LogP) is 17.0. The molecule has 0 saturated heterocycles. The number of rotatable bonds is 22. The predicted molar refractivity (Wildman–Crippen MR) is 321 cm³/mol. The van der Waals surface area contributed by atoms with E-state index in [0.29, 0.717) is 41.6 Å². The van der Waals surface area contributed by atoms with E-state index >= 15 is 0 Å². The number of ether oxygens (including phenoxy) is 4. The number of benzene rings is 8. The number of hydrogen-bond acceptors (Lipinski definition) is 12. The molecule has 0 aliphatic rings. The van der Waals surface area contributed by atoms with Crippen LogP contribution >= 0.6 is 35.3 Å². The summed E-state index contributed by atoms with van der Waals surface area (Å²) in [5.41, 5.74) is 7.87. The second kappa shape index (κ2) is 28.7. The van der Waals surface area contributed by atoms with Gasteiger partial charge in [0.05, 0.1) is 0 Å². The first-order chi connectivity index (χ1) is 39.8. The number of furan rings is 2. The lowest BCUT2D eigenvalue weighted by molar-refractivity contribution is -0.274. The zero-order chi connectivity index (χ0) is 59.0. The van der Waals surface area contributed by atoms with Crippen LogP contribution in [-0.4, -0.2) is 75.2 Å². The topological polar surface area (TPSA) is 175 Å². The van der Waals surface area contributed by atoms with E-state index in [1.807, 2.05) is 129 Å². The molecule has 3 N–H and O–H groups in total. The van der Waals surface area contributed by atoms with E-state index in [1.54, 1.807) is 35.7 Å². The molecule has 3 atom stereocenters.